The minimum atomic E-state index is -4.52. The van der Waals surface area contributed by atoms with Crippen LogP contribution < -0.4 is 0 Å². The molecule has 3 unspecified atom stereocenters. The lowest BCUT2D eigenvalue weighted by Gasteiger charge is -2.20. The Morgan fingerprint density at radius 2 is 0.915 bits per heavy atom. The molecule has 0 aliphatic heterocycles. The van der Waals surface area contributed by atoms with Gasteiger partial charge in [0.1, 0.15) is 12.2 Å². The average Bonchev–Trinajstić information content (AvgIpc) is 3.23. The lowest BCUT2D eigenvalue weighted by atomic mass is 10.0. The van der Waals surface area contributed by atoms with Crippen molar-refractivity contribution in [3.8, 4) is 0 Å². The third-order valence-corrected chi connectivity index (χ3v) is 11.8. The molecule has 0 radical (unpaired) electrons. The molecular weight excluding hydrogens is 764 g/mol. The zero-order valence-corrected chi connectivity index (χ0v) is 39.4. The van der Waals surface area contributed by atoms with E-state index in [9.17, 15) is 19.4 Å². The summed E-state index contributed by atoms with van der Waals surface area (Å²) in [5.74, 6) is -0.382. The summed E-state index contributed by atoms with van der Waals surface area (Å²) in [7, 11) is -4.52. The second kappa shape index (κ2) is 46.4. The normalized spacial score (nSPS) is 14.1. The van der Waals surface area contributed by atoms with Gasteiger partial charge in [-0.05, 0) is 44.9 Å². The summed E-state index contributed by atoms with van der Waals surface area (Å²) >= 11 is 0. The molecule has 0 saturated carbocycles. The lowest BCUT2D eigenvalue weighted by Crippen LogP contribution is -2.29. The van der Waals surface area contributed by atoms with E-state index in [0.717, 1.165) is 38.5 Å². The molecule has 0 aliphatic rings. The largest absolute Gasteiger partial charge is 0.472 e. The first-order valence-electron chi connectivity index (χ1n) is 24.8. The number of phosphoric ester groups is 1. The van der Waals surface area contributed by atoms with Gasteiger partial charge in [0.05, 0.1) is 26.4 Å². The van der Waals surface area contributed by atoms with E-state index < -0.39 is 33.2 Å². The number of phosphoric acid groups is 1. The van der Waals surface area contributed by atoms with Crippen LogP contribution in [0.1, 0.15) is 239 Å². The van der Waals surface area contributed by atoms with Crippen molar-refractivity contribution in [1.82, 2.24) is 0 Å². The Balaban J connectivity index is 4.08. The van der Waals surface area contributed by atoms with Gasteiger partial charge in [-0.2, -0.15) is 0 Å². The summed E-state index contributed by atoms with van der Waals surface area (Å²) in [6.07, 6.45) is 49.9. The van der Waals surface area contributed by atoms with Gasteiger partial charge in [-0.3, -0.25) is 13.8 Å². The van der Waals surface area contributed by atoms with Crippen molar-refractivity contribution in [2.75, 3.05) is 33.0 Å². The van der Waals surface area contributed by atoms with Gasteiger partial charge >= 0.3 is 13.8 Å². The van der Waals surface area contributed by atoms with E-state index >= 15 is 0 Å². The number of hydrogen-bond acceptors (Lipinski definition) is 8. The van der Waals surface area contributed by atoms with Crippen LogP contribution in [-0.4, -0.2) is 66.3 Å². The number of rotatable bonds is 48. The number of unbranched alkanes of at least 4 members (excludes halogenated alkanes) is 30. The Labute approximate surface area is 363 Å². The van der Waals surface area contributed by atoms with E-state index in [2.05, 4.69) is 38.2 Å². The van der Waals surface area contributed by atoms with E-state index in [1.807, 2.05) is 0 Å². The Bertz CT molecular complexity index is 975. The predicted molar refractivity (Wildman–Crippen MR) is 247 cm³/mol. The Kier molecular flexibility index (Phi) is 45.6. The van der Waals surface area contributed by atoms with Crippen molar-refractivity contribution < 1.29 is 43.0 Å². The fraction of sp³-hybridized carbons (Fsp3) is 0.898. The molecule has 59 heavy (non-hydrogen) atoms. The molecule has 0 fully saturated rings. The van der Waals surface area contributed by atoms with Gasteiger partial charge in [0.15, 0.2) is 0 Å². The van der Waals surface area contributed by atoms with E-state index in [1.165, 1.54) is 180 Å². The van der Waals surface area contributed by atoms with Gasteiger partial charge < -0.3 is 24.6 Å². The molecule has 0 aliphatic carbocycles. The second-order valence-corrected chi connectivity index (χ2v) is 18.3. The summed E-state index contributed by atoms with van der Waals surface area (Å²) in [6.45, 7) is 3.56. The van der Waals surface area contributed by atoms with Crippen molar-refractivity contribution >= 4 is 13.8 Å². The first-order chi connectivity index (χ1) is 28.8. The number of carbonyl (C=O) groups is 1. The van der Waals surface area contributed by atoms with Crippen LogP contribution in [0.3, 0.4) is 0 Å². The van der Waals surface area contributed by atoms with Gasteiger partial charge in [0, 0.05) is 13.0 Å². The number of allylic oxidation sites excluding steroid dienone is 4. The van der Waals surface area contributed by atoms with Crippen LogP contribution in [-0.2, 0) is 27.9 Å². The van der Waals surface area contributed by atoms with E-state index in [-0.39, 0.29) is 25.6 Å². The van der Waals surface area contributed by atoms with Crippen LogP contribution in [0.2, 0.25) is 0 Å². The molecule has 0 bridgehead atoms. The maximum absolute atomic E-state index is 12.7. The molecule has 0 aromatic carbocycles. The van der Waals surface area contributed by atoms with Gasteiger partial charge in [0.2, 0.25) is 0 Å². The van der Waals surface area contributed by atoms with Crippen LogP contribution in [0.15, 0.2) is 24.3 Å². The molecule has 9 nitrogen and oxygen atoms in total. The van der Waals surface area contributed by atoms with Crippen LogP contribution >= 0.6 is 7.82 Å². The second-order valence-electron chi connectivity index (χ2n) is 16.8. The quantitative estimate of drug-likeness (QED) is 0.0237. The molecule has 0 amide bonds. The van der Waals surface area contributed by atoms with Gasteiger partial charge in [0.25, 0.3) is 0 Å². The zero-order valence-electron chi connectivity index (χ0n) is 38.5. The van der Waals surface area contributed by atoms with Crippen molar-refractivity contribution in [2.24, 2.45) is 0 Å². The van der Waals surface area contributed by atoms with Gasteiger partial charge in [-0.15, -0.1) is 0 Å². The predicted octanol–water partition coefficient (Wildman–Crippen LogP) is 14.2. The van der Waals surface area contributed by atoms with Crippen LogP contribution in [0.4, 0.5) is 0 Å². The summed E-state index contributed by atoms with van der Waals surface area (Å²) < 4.78 is 33.5. The number of hydrogen-bond donors (Lipinski definition) is 3. The highest BCUT2D eigenvalue weighted by molar-refractivity contribution is 7.47. The SMILES string of the molecule is CCCCCCC/C=C\C/C=C\CCCCCCCCCCCC(=O)OC(COCCCCCCCCCCCCCCCCCCC)COP(=O)(O)OCC(O)CO. The minimum absolute atomic E-state index is 0.0524. The molecule has 10 heteroatoms. The third kappa shape index (κ3) is 46.3. The maximum atomic E-state index is 12.7. The first-order valence-corrected chi connectivity index (χ1v) is 26.3. The summed E-state index contributed by atoms with van der Waals surface area (Å²) in [5.41, 5.74) is 0. The number of aliphatic hydroxyl groups is 2. The molecule has 3 N–H and O–H groups in total. The molecule has 350 valence electrons. The number of aliphatic hydroxyl groups excluding tert-OH is 2. The third-order valence-electron chi connectivity index (χ3n) is 10.9. The molecule has 0 heterocycles. The number of ether oxygens (including phenoxy) is 2. The molecule has 0 rings (SSSR count). The average molecular weight is 859 g/mol. The fourth-order valence-corrected chi connectivity index (χ4v) is 7.88. The molecular formula is C49H95O9P. The smallest absolute Gasteiger partial charge is 0.457 e. The molecule has 0 spiro atoms. The highest BCUT2D eigenvalue weighted by Gasteiger charge is 2.26. The van der Waals surface area contributed by atoms with E-state index in [4.69, 9.17) is 23.6 Å². The van der Waals surface area contributed by atoms with Gasteiger partial charge in [-0.25, -0.2) is 4.57 Å². The van der Waals surface area contributed by atoms with Crippen LogP contribution in [0.5, 0.6) is 0 Å². The maximum Gasteiger partial charge on any atom is 0.472 e. The Morgan fingerprint density at radius 1 is 0.525 bits per heavy atom. The van der Waals surface area contributed by atoms with Gasteiger partial charge in [-0.1, -0.05) is 212 Å². The van der Waals surface area contributed by atoms with E-state index in [1.54, 1.807) is 0 Å². The Hall–Kier alpha value is -1.06. The monoisotopic (exact) mass is 859 g/mol. The van der Waals surface area contributed by atoms with Crippen molar-refractivity contribution in [2.45, 2.75) is 251 Å². The van der Waals surface area contributed by atoms with Crippen LogP contribution in [0, 0.1) is 0 Å². The summed E-state index contributed by atoms with van der Waals surface area (Å²) in [4.78, 5) is 22.7. The number of carbonyl (C=O) groups excluding carboxylic acids is 1. The summed E-state index contributed by atoms with van der Waals surface area (Å²) in [6, 6.07) is 0. The van der Waals surface area contributed by atoms with Crippen molar-refractivity contribution in [3.05, 3.63) is 24.3 Å². The topological polar surface area (TPSA) is 132 Å². The standard InChI is InChI=1S/C49H95O9P/c1-3-5-7-9-11-13-15-17-19-21-22-23-24-25-27-29-31-33-35-37-39-41-49(52)58-48(46-57-59(53,54)56-44-47(51)43-50)45-55-42-40-38-36-34-32-30-28-26-20-18-16-14-12-10-8-6-4-2/h15,17,21-22,47-48,50-51H,3-14,16,18-20,23-46H2,1-2H3,(H,53,54)/b17-15-,22-21-. The minimum Gasteiger partial charge on any atom is -0.457 e. The number of esters is 1. The lowest BCUT2D eigenvalue weighted by molar-refractivity contribution is -0.154. The van der Waals surface area contributed by atoms with Crippen molar-refractivity contribution in [3.63, 3.8) is 0 Å². The first kappa shape index (κ1) is 57.9. The van der Waals surface area contributed by atoms with E-state index in [0.29, 0.717) is 6.61 Å². The van der Waals surface area contributed by atoms with Crippen LogP contribution in [0.25, 0.3) is 0 Å². The summed E-state index contributed by atoms with van der Waals surface area (Å²) in [5, 5.41) is 18.4. The highest BCUT2D eigenvalue weighted by atomic mass is 31.2. The molecule has 0 aromatic rings. The fourth-order valence-electron chi connectivity index (χ4n) is 7.09. The molecule has 3 atom stereocenters. The highest BCUT2D eigenvalue weighted by Crippen LogP contribution is 2.43. The molecule has 0 saturated heterocycles. The Morgan fingerprint density at radius 3 is 1.36 bits per heavy atom. The zero-order chi connectivity index (χ0) is 43.2. The van der Waals surface area contributed by atoms with Crippen molar-refractivity contribution in [1.29, 1.82) is 0 Å². The molecule has 0 aromatic heterocycles.